The van der Waals surface area contributed by atoms with Crippen molar-refractivity contribution in [1.29, 1.82) is 0 Å². The number of alkyl carbamates (subject to hydrolysis) is 1. The molecule has 0 aliphatic carbocycles. The Labute approximate surface area is 154 Å². The van der Waals surface area contributed by atoms with Crippen LogP contribution in [0.3, 0.4) is 0 Å². The molecule has 0 aliphatic rings. The van der Waals surface area contributed by atoms with Gasteiger partial charge < -0.3 is 20.3 Å². The minimum absolute atomic E-state index is 0.298. The Morgan fingerprint density at radius 3 is 2.69 bits per heavy atom. The fourth-order valence-corrected chi connectivity index (χ4v) is 2.39. The predicted molar refractivity (Wildman–Crippen MR) is 98.6 cm³/mol. The van der Waals surface area contributed by atoms with Crippen LogP contribution in [0.1, 0.15) is 63.4 Å². The Bertz CT molecular complexity index is 680. The number of carbonyl (C=O) groups excluding carboxylic acids is 1. The van der Waals surface area contributed by atoms with Crippen molar-refractivity contribution in [1.82, 2.24) is 15.5 Å². The van der Waals surface area contributed by atoms with Crippen molar-refractivity contribution in [3.63, 3.8) is 0 Å². The summed E-state index contributed by atoms with van der Waals surface area (Å²) in [6.07, 6.45) is 2.58. The van der Waals surface area contributed by atoms with Crippen LogP contribution in [0.15, 0.2) is 34.9 Å². The summed E-state index contributed by atoms with van der Waals surface area (Å²) in [5, 5.41) is 6.73. The molecule has 1 atom stereocenters. The lowest BCUT2D eigenvalue weighted by atomic mass is 10.1. The van der Waals surface area contributed by atoms with Crippen LogP contribution in [0, 0.1) is 0 Å². The number of benzene rings is 1. The van der Waals surface area contributed by atoms with E-state index in [0.29, 0.717) is 31.1 Å². The molecular formula is C19H28N4O3. The van der Waals surface area contributed by atoms with E-state index in [1.807, 2.05) is 51.1 Å². The quantitative estimate of drug-likeness (QED) is 0.700. The molecule has 1 aromatic carbocycles. The number of nitrogens with one attached hydrogen (secondary N) is 1. The lowest BCUT2D eigenvalue weighted by Crippen LogP contribution is -2.33. The topological polar surface area (TPSA) is 103 Å². The van der Waals surface area contributed by atoms with Crippen molar-refractivity contribution in [3.8, 4) is 0 Å². The molecule has 1 heterocycles. The van der Waals surface area contributed by atoms with Gasteiger partial charge in [-0.3, -0.25) is 0 Å². The van der Waals surface area contributed by atoms with Crippen LogP contribution in [0.2, 0.25) is 0 Å². The summed E-state index contributed by atoms with van der Waals surface area (Å²) in [7, 11) is 0. The van der Waals surface area contributed by atoms with E-state index in [9.17, 15) is 4.79 Å². The molecule has 2 aromatic rings. The zero-order valence-corrected chi connectivity index (χ0v) is 15.7. The van der Waals surface area contributed by atoms with Crippen molar-refractivity contribution in [3.05, 3.63) is 47.6 Å². The molecule has 0 fully saturated rings. The van der Waals surface area contributed by atoms with Crippen molar-refractivity contribution in [2.75, 3.05) is 6.54 Å². The van der Waals surface area contributed by atoms with Crippen molar-refractivity contribution in [2.24, 2.45) is 5.73 Å². The number of aromatic nitrogens is 2. The van der Waals surface area contributed by atoms with Gasteiger partial charge in [0, 0.05) is 13.0 Å². The van der Waals surface area contributed by atoms with Crippen LogP contribution in [0.4, 0.5) is 4.79 Å². The zero-order valence-electron chi connectivity index (χ0n) is 15.7. The van der Waals surface area contributed by atoms with Gasteiger partial charge in [-0.15, -0.1) is 0 Å². The first-order valence-electron chi connectivity index (χ1n) is 8.92. The molecule has 0 aliphatic heterocycles. The molecule has 0 radical (unpaired) electrons. The number of rotatable bonds is 8. The smallest absolute Gasteiger partial charge is 0.407 e. The Morgan fingerprint density at radius 2 is 2.00 bits per heavy atom. The van der Waals surface area contributed by atoms with Crippen LogP contribution in [-0.2, 0) is 11.2 Å². The van der Waals surface area contributed by atoms with Gasteiger partial charge in [0.05, 0.1) is 6.04 Å². The first kappa shape index (κ1) is 19.9. The molecule has 0 unspecified atom stereocenters. The number of carbonyl (C=O) groups is 1. The highest BCUT2D eigenvalue weighted by molar-refractivity contribution is 5.67. The fourth-order valence-electron chi connectivity index (χ4n) is 2.39. The Morgan fingerprint density at radius 1 is 1.27 bits per heavy atom. The first-order chi connectivity index (χ1) is 12.3. The molecule has 1 amide bonds. The highest BCUT2D eigenvalue weighted by atomic mass is 16.6. The third-order valence-electron chi connectivity index (χ3n) is 3.62. The Kier molecular flexibility index (Phi) is 7.15. The third kappa shape index (κ3) is 7.23. The van der Waals surface area contributed by atoms with Gasteiger partial charge in [-0.2, -0.15) is 4.98 Å². The van der Waals surface area contributed by atoms with E-state index in [1.54, 1.807) is 0 Å². The van der Waals surface area contributed by atoms with E-state index in [0.717, 1.165) is 18.4 Å². The van der Waals surface area contributed by atoms with E-state index >= 15 is 0 Å². The minimum atomic E-state index is -0.484. The summed E-state index contributed by atoms with van der Waals surface area (Å²) in [4.78, 5) is 15.9. The second-order valence-corrected chi connectivity index (χ2v) is 7.24. The van der Waals surface area contributed by atoms with Crippen LogP contribution in [0.5, 0.6) is 0 Å². The molecule has 142 valence electrons. The Hall–Kier alpha value is -2.41. The molecular weight excluding hydrogens is 332 g/mol. The SMILES string of the molecule is CC(C)(C)OC(=O)NCCCC[C@H](N)c1nc(Cc2ccccc2)no1. The van der Waals surface area contributed by atoms with E-state index < -0.39 is 11.7 Å². The minimum Gasteiger partial charge on any atom is -0.444 e. The van der Waals surface area contributed by atoms with Gasteiger partial charge in [-0.1, -0.05) is 35.5 Å². The third-order valence-corrected chi connectivity index (χ3v) is 3.62. The molecule has 26 heavy (non-hydrogen) atoms. The summed E-state index contributed by atoms with van der Waals surface area (Å²) < 4.78 is 10.5. The molecule has 2 rings (SSSR count). The molecule has 3 N–H and O–H groups in total. The summed E-state index contributed by atoms with van der Waals surface area (Å²) in [6.45, 7) is 6.05. The first-order valence-corrected chi connectivity index (χ1v) is 8.92. The number of hydrogen-bond donors (Lipinski definition) is 2. The van der Waals surface area contributed by atoms with Crippen molar-refractivity contribution >= 4 is 6.09 Å². The van der Waals surface area contributed by atoms with Gasteiger partial charge in [-0.05, 0) is 45.6 Å². The standard InChI is InChI=1S/C19H28N4O3/c1-19(2,3)25-18(24)21-12-8-7-11-15(20)17-22-16(23-26-17)13-14-9-5-4-6-10-14/h4-6,9-10,15H,7-8,11-13,20H2,1-3H3,(H,21,24)/t15-/m0/s1. The van der Waals surface area contributed by atoms with Crippen LogP contribution in [-0.4, -0.2) is 28.4 Å². The van der Waals surface area contributed by atoms with E-state index in [1.165, 1.54) is 0 Å². The maximum atomic E-state index is 11.5. The summed E-state index contributed by atoms with van der Waals surface area (Å²) in [5.74, 6) is 1.09. The maximum Gasteiger partial charge on any atom is 0.407 e. The lowest BCUT2D eigenvalue weighted by molar-refractivity contribution is 0.0527. The van der Waals surface area contributed by atoms with Gasteiger partial charge in [0.2, 0.25) is 5.89 Å². The average Bonchev–Trinajstić information content (AvgIpc) is 3.02. The van der Waals surface area contributed by atoms with Gasteiger partial charge >= 0.3 is 6.09 Å². The second-order valence-electron chi connectivity index (χ2n) is 7.24. The number of ether oxygens (including phenoxy) is 1. The molecule has 7 heteroatoms. The summed E-state index contributed by atoms with van der Waals surface area (Å²) >= 11 is 0. The van der Waals surface area contributed by atoms with Crippen LogP contribution in [0.25, 0.3) is 0 Å². The fraction of sp³-hybridized carbons (Fsp3) is 0.526. The predicted octanol–water partition coefficient (Wildman–Crippen LogP) is 3.36. The van der Waals surface area contributed by atoms with Crippen molar-refractivity contribution in [2.45, 2.75) is 58.1 Å². The van der Waals surface area contributed by atoms with Gasteiger partial charge in [0.25, 0.3) is 0 Å². The largest absolute Gasteiger partial charge is 0.444 e. The maximum absolute atomic E-state index is 11.5. The second kappa shape index (κ2) is 9.33. The molecule has 0 bridgehead atoms. The monoisotopic (exact) mass is 360 g/mol. The van der Waals surface area contributed by atoms with Crippen LogP contribution < -0.4 is 11.1 Å². The van der Waals surface area contributed by atoms with E-state index in [4.69, 9.17) is 15.0 Å². The van der Waals surface area contributed by atoms with Gasteiger partial charge in [0.1, 0.15) is 5.60 Å². The number of amides is 1. The number of nitrogens with zero attached hydrogens (tertiary/aromatic N) is 2. The molecule has 0 spiro atoms. The van der Waals surface area contributed by atoms with Gasteiger partial charge in [0.15, 0.2) is 5.82 Å². The zero-order chi connectivity index (χ0) is 19.0. The van der Waals surface area contributed by atoms with E-state index in [2.05, 4.69) is 15.5 Å². The number of nitrogens with two attached hydrogens (primary N) is 1. The van der Waals surface area contributed by atoms with Gasteiger partial charge in [-0.25, -0.2) is 4.79 Å². The van der Waals surface area contributed by atoms with Crippen molar-refractivity contribution < 1.29 is 14.1 Å². The highest BCUT2D eigenvalue weighted by Crippen LogP contribution is 2.16. The summed E-state index contributed by atoms with van der Waals surface area (Å²) in [6, 6.07) is 9.68. The number of hydrogen-bond acceptors (Lipinski definition) is 6. The molecule has 7 nitrogen and oxygen atoms in total. The lowest BCUT2D eigenvalue weighted by Gasteiger charge is -2.19. The summed E-state index contributed by atoms with van der Waals surface area (Å²) in [5.41, 5.74) is 6.76. The van der Waals surface area contributed by atoms with E-state index in [-0.39, 0.29) is 6.04 Å². The normalized spacial score (nSPS) is 12.6. The molecule has 0 saturated heterocycles. The molecule has 1 aromatic heterocycles. The molecule has 0 saturated carbocycles. The number of unbranched alkanes of at least 4 members (excludes halogenated alkanes) is 1. The van der Waals surface area contributed by atoms with Crippen LogP contribution >= 0.6 is 0 Å². The Balaban J connectivity index is 1.67. The highest BCUT2D eigenvalue weighted by Gasteiger charge is 2.16. The average molecular weight is 360 g/mol.